The van der Waals surface area contributed by atoms with Gasteiger partial charge in [-0.05, 0) is 30.0 Å². The van der Waals surface area contributed by atoms with E-state index in [-0.39, 0.29) is 0 Å². The van der Waals surface area contributed by atoms with Crippen molar-refractivity contribution in [3.05, 3.63) is 108 Å². The first-order chi connectivity index (χ1) is 10.3. The van der Waals surface area contributed by atoms with Crippen LogP contribution in [0.15, 0.2) is 97.1 Å². The third-order valence-corrected chi connectivity index (χ3v) is 3.56. The zero-order valence-electron chi connectivity index (χ0n) is 12.6. The van der Waals surface area contributed by atoms with Crippen molar-refractivity contribution in [2.45, 2.75) is 19.3 Å². The van der Waals surface area contributed by atoms with Gasteiger partial charge in [-0.1, -0.05) is 91.5 Å². The minimum absolute atomic E-state index is 0.350. The van der Waals surface area contributed by atoms with Gasteiger partial charge in [0.1, 0.15) is 0 Å². The van der Waals surface area contributed by atoms with E-state index >= 15 is 0 Å². The second-order valence-corrected chi connectivity index (χ2v) is 5.06. The highest BCUT2D eigenvalue weighted by atomic mass is 14.2. The monoisotopic (exact) mass is 274 g/mol. The lowest BCUT2D eigenvalue weighted by atomic mass is 9.85. The van der Waals surface area contributed by atoms with Crippen LogP contribution in [0, 0.1) is 0 Å². The standard InChI is InChI=1S/C21H22/c1-3-11-19(12-4-2)21(20-15-9-6-10-16-20)17-18-13-7-5-8-14-18/h3-16,21H,1,17H2,2H3/b12-4-,19-11+. The van der Waals surface area contributed by atoms with Gasteiger partial charge < -0.3 is 0 Å². The van der Waals surface area contributed by atoms with Gasteiger partial charge in [-0.2, -0.15) is 0 Å². The lowest BCUT2D eigenvalue weighted by Crippen LogP contribution is -2.05. The number of hydrogen-bond acceptors (Lipinski definition) is 0. The molecule has 0 fully saturated rings. The van der Waals surface area contributed by atoms with Crippen LogP contribution in [0.3, 0.4) is 0 Å². The Morgan fingerprint density at radius 1 is 1.00 bits per heavy atom. The fourth-order valence-corrected chi connectivity index (χ4v) is 2.58. The van der Waals surface area contributed by atoms with Crippen LogP contribution in [0.25, 0.3) is 0 Å². The molecule has 21 heavy (non-hydrogen) atoms. The molecule has 0 saturated carbocycles. The average Bonchev–Trinajstić information content (AvgIpc) is 2.54. The zero-order chi connectivity index (χ0) is 14.9. The molecule has 2 aromatic carbocycles. The first-order valence-corrected chi connectivity index (χ1v) is 7.39. The third-order valence-electron chi connectivity index (χ3n) is 3.56. The van der Waals surface area contributed by atoms with Crippen LogP contribution in [0.4, 0.5) is 0 Å². The molecule has 0 amide bonds. The summed E-state index contributed by atoms with van der Waals surface area (Å²) in [7, 11) is 0. The van der Waals surface area contributed by atoms with Crippen LogP contribution in [0.1, 0.15) is 24.0 Å². The van der Waals surface area contributed by atoms with Gasteiger partial charge in [0.25, 0.3) is 0 Å². The second-order valence-electron chi connectivity index (χ2n) is 5.06. The predicted octanol–water partition coefficient (Wildman–Crippen LogP) is 5.70. The highest BCUT2D eigenvalue weighted by Gasteiger charge is 2.15. The molecule has 0 spiro atoms. The van der Waals surface area contributed by atoms with Crippen molar-refractivity contribution < 1.29 is 0 Å². The van der Waals surface area contributed by atoms with Gasteiger partial charge in [0, 0.05) is 5.92 Å². The van der Waals surface area contributed by atoms with E-state index in [0.29, 0.717) is 5.92 Å². The average molecular weight is 274 g/mol. The lowest BCUT2D eigenvalue weighted by molar-refractivity contribution is 0.804. The third kappa shape index (κ3) is 4.32. The zero-order valence-corrected chi connectivity index (χ0v) is 12.6. The maximum atomic E-state index is 3.86. The molecule has 0 aliphatic rings. The molecule has 0 saturated heterocycles. The first-order valence-electron chi connectivity index (χ1n) is 7.39. The molecule has 2 rings (SSSR count). The Hall–Kier alpha value is -2.34. The summed E-state index contributed by atoms with van der Waals surface area (Å²) in [6, 6.07) is 21.3. The molecule has 0 bridgehead atoms. The van der Waals surface area contributed by atoms with Gasteiger partial charge >= 0.3 is 0 Å². The largest absolute Gasteiger partial charge is 0.0991 e. The van der Waals surface area contributed by atoms with E-state index in [4.69, 9.17) is 0 Å². The summed E-state index contributed by atoms with van der Waals surface area (Å²) < 4.78 is 0. The van der Waals surface area contributed by atoms with Crippen molar-refractivity contribution in [2.24, 2.45) is 0 Å². The normalized spacial score (nSPS) is 13.3. The summed E-state index contributed by atoms with van der Waals surface area (Å²) in [5, 5.41) is 0. The molecular weight excluding hydrogens is 252 g/mol. The molecule has 0 nitrogen and oxygen atoms in total. The van der Waals surface area contributed by atoms with E-state index in [1.165, 1.54) is 16.7 Å². The van der Waals surface area contributed by atoms with Crippen molar-refractivity contribution >= 4 is 0 Å². The van der Waals surface area contributed by atoms with Crippen LogP contribution in [0.2, 0.25) is 0 Å². The maximum absolute atomic E-state index is 3.86. The minimum Gasteiger partial charge on any atom is -0.0991 e. The Labute approximate surface area is 128 Å². The molecule has 0 heterocycles. The van der Waals surface area contributed by atoms with E-state index < -0.39 is 0 Å². The summed E-state index contributed by atoms with van der Waals surface area (Å²) in [6.07, 6.45) is 9.25. The van der Waals surface area contributed by atoms with Gasteiger partial charge in [0.05, 0.1) is 0 Å². The predicted molar refractivity (Wildman–Crippen MR) is 92.4 cm³/mol. The summed E-state index contributed by atoms with van der Waals surface area (Å²) in [6.45, 7) is 5.91. The Bertz CT molecular complexity index is 603. The molecule has 0 aromatic heterocycles. The summed E-state index contributed by atoms with van der Waals surface area (Å²) in [5.74, 6) is 0.350. The van der Waals surface area contributed by atoms with Crippen LogP contribution in [-0.2, 0) is 6.42 Å². The molecule has 0 radical (unpaired) electrons. The van der Waals surface area contributed by atoms with Crippen molar-refractivity contribution in [2.75, 3.05) is 0 Å². The van der Waals surface area contributed by atoms with E-state index in [2.05, 4.69) is 92.4 Å². The summed E-state index contributed by atoms with van der Waals surface area (Å²) >= 11 is 0. The van der Waals surface area contributed by atoms with Crippen molar-refractivity contribution in [1.82, 2.24) is 0 Å². The second kappa shape index (κ2) is 8.06. The topological polar surface area (TPSA) is 0 Å². The fourth-order valence-electron chi connectivity index (χ4n) is 2.58. The Balaban J connectivity index is 2.39. The minimum atomic E-state index is 0.350. The van der Waals surface area contributed by atoms with Crippen LogP contribution in [0.5, 0.6) is 0 Å². The van der Waals surface area contributed by atoms with Crippen LogP contribution in [-0.4, -0.2) is 0 Å². The lowest BCUT2D eigenvalue weighted by Gasteiger charge is -2.19. The van der Waals surface area contributed by atoms with Crippen molar-refractivity contribution in [3.8, 4) is 0 Å². The Kier molecular flexibility index (Phi) is 5.78. The number of allylic oxidation sites excluding steroid dienone is 5. The highest BCUT2D eigenvalue weighted by molar-refractivity contribution is 5.38. The first kappa shape index (κ1) is 15.1. The quantitative estimate of drug-likeness (QED) is 0.593. The molecule has 1 unspecified atom stereocenters. The highest BCUT2D eigenvalue weighted by Crippen LogP contribution is 2.29. The van der Waals surface area contributed by atoms with E-state index in [0.717, 1.165) is 6.42 Å². The molecule has 0 heteroatoms. The molecule has 2 aromatic rings. The van der Waals surface area contributed by atoms with Gasteiger partial charge in [0.15, 0.2) is 0 Å². The Morgan fingerprint density at radius 3 is 2.19 bits per heavy atom. The molecule has 0 N–H and O–H groups in total. The van der Waals surface area contributed by atoms with E-state index in [9.17, 15) is 0 Å². The van der Waals surface area contributed by atoms with E-state index in [1.54, 1.807) is 0 Å². The van der Waals surface area contributed by atoms with Crippen LogP contribution >= 0.6 is 0 Å². The summed E-state index contributed by atoms with van der Waals surface area (Å²) in [4.78, 5) is 0. The van der Waals surface area contributed by atoms with Crippen molar-refractivity contribution in [3.63, 3.8) is 0 Å². The summed E-state index contributed by atoms with van der Waals surface area (Å²) in [5.41, 5.74) is 3.99. The Morgan fingerprint density at radius 2 is 1.62 bits per heavy atom. The molecule has 106 valence electrons. The van der Waals surface area contributed by atoms with Gasteiger partial charge in [0.2, 0.25) is 0 Å². The number of benzene rings is 2. The van der Waals surface area contributed by atoms with Gasteiger partial charge in [-0.3, -0.25) is 0 Å². The van der Waals surface area contributed by atoms with Crippen LogP contribution < -0.4 is 0 Å². The molecular formula is C21H22. The maximum Gasteiger partial charge on any atom is 0.0130 e. The molecule has 0 aliphatic heterocycles. The number of rotatable bonds is 6. The van der Waals surface area contributed by atoms with Gasteiger partial charge in [-0.15, -0.1) is 0 Å². The van der Waals surface area contributed by atoms with Crippen molar-refractivity contribution in [1.29, 1.82) is 0 Å². The molecule has 0 aliphatic carbocycles. The number of hydrogen-bond donors (Lipinski definition) is 0. The smallest absolute Gasteiger partial charge is 0.0130 e. The van der Waals surface area contributed by atoms with E-state index in [1.807, 2.05) is 6.08 Å². The SMILES string of the molecule is C=C/C=C(\C=C/C)C(Cc1ccccc1)c1ccccc1. The molecule has 1 atom stereocenters. The fraction of sp³-hybridized carbons (Fsp3) is 0.143. The van der Waals surface area contributed by atoms with Gasteiger partial charge in [-0.25, -0.2) is 0 Å².